The van der Waals surface area contributed by atoms with Gasteiger partial charge in [-0.25, -0.2) is 4.98 Å². The van der Waals surface area contributed by atoms with Gasteiger partial charge in [0.1, 0.15) is 18.2 Å². The predicted octanol–water partition coefficient (Wildman–Crippen LogP) is 8.08. The fourth-order valence-corrected chi connectivity index (χ4v) is 6.20. The molecule has 5 nitrogen and oxygen atoms in total. The summed E-state index contributed by atoms with van der Waals surface area (Å²) < 4.78 is 9.05. The van der Waals surface area contributed by atoms with E-state index in [1.54, 1.807) is 12.3 Å². The van der Waals surface area contributed by atoms with Gasteiger partial charge in [-0.3, -0.25) is 4.79 Å². The number of nitrogens with zero attached hydrogens (tertiary/aromatic N) is 3. The molecule has 0 N–H and O–H groups in total. The van der Waals surface area contributed by atoms with Crippen LogP contribution in [0.15, 0.2) is 79.5 Å². The number of hydrogen-bond acceptors (Lipinski definition) is 4. The van der Waals surface area contributed by atoms with Gasteiger partial charge in [0.25, 0.3) is 5.56 Å². The van der Waals surface area contributed by atoms with Crippen molar-refractivity contribution in [2.24, 2.45) is 5.10 Å². The third kappa shape index (κ3) is 5.43. The zero-order valence-corrected chi connectivity index (χ0v) is 23.4. The van der Waals surface area contributed by atoms with E-state index in [2.05, 4.69) is 37.0 Å². The predicted molar refractivity (Wildman–Crippen MR) is 152 cm³/mol. The summed E-state index contributed by atoms with van der Waals surface area (Å²) in [6, 6.07) is 18.9. The number of rotatable bonds is 6. The van der Waals surface area contributed by atoms with E-state index >= 15 is 0 Å². The molecule has 184 valence electrons. The minimum Gasteiger partial charge on any atom is -0.486 e. The van der Waals surface area contributed by atoms with Crippen LogP contribution in [0.3, 0.4) is 0 Å². The molecule has 1 aromatic heterocycles. The lowest BCUT2D eigenvalue weighted by atomic mass is 9.88. The average molecular weight is 630 g/mol. The number of halogens is 3. The number of para-hydroxylation sites is 1. The summed E-state index contributed by atoms with van der Waals surface area (Å²) in [6.07, 6.45) is 7.26. The van der Waals surface area contributed by atoms with E-state index in [0.717, 1.165) is 57.1 Å². The minimum atomic E-state index is -0.143. The van der Waals surface area contributed by atoms with Crippen LogP contribution >= 0.6 is 43.5 Å². The quantitative estimate of drug-likeness (QED) is 0.203. The van der Waals surface area contributed by atoms with Crippen molar-refractivity contribution < 1.29 is 4.74 Å². The molecule has 1 heterocycles. The standard InChI is InChI=1S/C28H24Br2ClN3O2/c29-22-14-18(15-23(30)26(22)36-17-20-10-4-6-12-24(20)31)16-32-34-27(19-8-2-1-3-9-19)33-25-13-7-5-11-21(25)28(34)35/h4-7,10-16,19H,1-3,8-9,17H2. The first-order valence-electron chi connectivity index (χ1n) is 11.9. The molecule has 0 radical (unpaired) electrons. The fraction of sp³-hybridized carbons (Fsp3) is 0.250. The van der Waals surface area contributed by atoms with Crippen molar-refractivity contribution in [1.29, 1.82) is 0 Å². The van der Waals surface area contributed by atoms with Crippen LogP contribution in [0.4, 0.5) is 0 Å². The summed E-state index contributed by atoms with van der Waals surface area (Å²) in [7, 11) is 0. The number of aromatic nitrogens is 2. The van der Waals surface area contributed by atoms with Crippen molar-refractivity contribution in [3.8, 4) is 5.75 Å². The topological polar surface area (TPSA) is 56.5 Å². The Balaban J connectivity index is 1.46. The van der Waals surface area contributed by atoms with Crippen molar-refractivity contribution >= 4 is 60.6 Å². The lowest BCUT2D eigenvalue weighted by molar-refractivity contribution is 0.302. The molecule has 0 aliphatic heterocycles. The van der Waals surface area contributed by atoms with Gasteiger partial charge >= 0.3 is 0 Å². The number of benzene rings is 3. The first-order chi connectivity index (χ1) is 17.5. The highest BCUT2D eigenvalue weighted by Gasteiger charge is 2.22. The second-order valence-electron chi connectivity index (χ2n) is 8.88. The van der Waals surface area contributed by atoms with E-state index in [1.165, 1.54) is 11.1 Å². The van der Waals surface area contributed by atoms with Crippen LogP contribution in [0.1, 0.15) is 55.0 Å². The molecular weight excluding hydrogens is 606 g/mol. The Kier molecular flexibility index (Phi) is 7.89. The van der Waals surface area contributed by atoms with Crippen LogP contribution in [0, 0.1) is 0 Å². The van der Waals surface area contributed by atoms with E-state index in [4.69, 9.17) is 21.3 Å². The maximum Gasteiger partial charge on any atom is 0.282 e. The molecule has 0 amide bonds. The fourth-order valence-electron chi connectivity index (χ4n) is 4.56. The minimum absolute atomic E-state index is 0.143. The molecule has 1 aliphatic rings. The van der Waals surface area contributed by atoms with E-state index in [0.29, 0.717) is 22.8 Å². The molecule has 8 heteroatoms. The van der Waals surface area contributed by atoms with Crippen LogP contribution in [0.25, 0.3) is 10.9 Å². The van der Waals surface area contributed by atoms with Crippen LogP contribution < -0.4 is 10.3 Å². The first kappa shape index (κ1) is 25.2. The van der Waals surface area contributed by atoms with Crippen LogP contribution in [-0.2, 0) is 6.61 Å². The Bertz CT molecular complexity index is 1470. The molecule has 36 heavy (non-hydrogen) atoms. The Labute approximate surface area is 231 Å². The lowest BCUT2D eigenvalue weighted by Gasteiger charge is -2.22. The SMILES string of the molecule is O=c1c2ccccc2nc(C2CCCCC2)n1N=Cc1cc(Br)c(OCc2ccccc2Cl)c(Br)c1. The summed E-state index contributed by atoms with van der Waals surface area (Å²) in [5, 5.41) is 5.87. The van der Waals surface area contributed by atoms with Gasteiger partial charge in [0.2, 0.25) is 0 Å². The van der Waals surface area contributed by atoms with Crippen molar-refractivity contribution in [1.82, 2.24) is 9.66 Å². The largest absolute Gasteiger partial charge is 0.486 e. The summed E-state index contributed by atoms with van der Waals surface area (Å²) >= 11 is 13.5. The Morgan fingerprint density at radius 2 is 1.72 bits per heavy atom. The van der Waals surface area contributed by atoms with E-state index in [1.807, 2.05) is 54.6 Å². The van der Waals surface area contributed by atoms with Gasteiger partial charge in [0.05, 0.1) is 26.1 Å². The summed E-state index contributed by atoms with van der Waals surface area (Å²) in [5.74, 6) is 1.64. The van der Waals surface area contributed by atoms with Crippen LogP contribution in [0.2, 0.25) is 5.02 Å². The van der Waals surface area contributed by atoms with E-state index < -0.39 is 0 Å². The molecule has 3 aromatic carbocycles. The maximum absolute atomic E-state index is 13.4. The molecule has 0 unspecified atom stereocenters. The summed E-state index contributed by atoms with van der Waals surface area (Å²) in [4.78, 5) is 18.3. The van der Waals surface area contributed by atoms with Crippen molar-refractivity contribution in [3.05, 3.63) is 102 Å². The zero-order chi connectivity index (χ0) is 25.1. The van der Waals surface area contributed by atoms with Crippen LogP contribution in [-0.4, -0.2) is 15.9 Å². The monoisotopic (exact) mass is 627 g/mol. The van der Waals surface area contributed by atoms with Gasteiger partial charge in [-0.2, -0.15) is 9.78 Å². The Morgan fingerprint density at radius 3 is 2.47 bits per heavy atom. The number of ether oxygens (including phenoxy) is 1. The van der Waals surface area contributed by atoms with Gasteiger partial charge < -0.3 is 4.74 Å². The van der Waals surface area contributed by atoms with Crippen molar-refractivity contribution in [2.45, 2.75) is 44.6 Å². The number of fused-ring (bicyclic) bond motifs is 1. The molecule has 1 saturated carbocycles. The molecule has 1 aliphatic carbocycles. The second-order valence-corrected chi connectivity index (χ2v) is 11.0. The molecular formula is C28H24Br2ClN3O2. The number of hydrogen-bond donors (Lipinski definition) is 0. The molecule has 0 atom stereocenters. The van der Waals surface area contributed by atoms with Gasteiger partial charge in [-0.05, 0) is 80.6 Å². The van der Waals surface area contributed by atoms with Crippen molar-refractivity contribution in [3.63, 3.8) is 0 Å². The molecule has 0 spiro atoms. The molecule has 0 bridgehead atoms. The molecule has 4 aromatic rings. The highest BCUT2D eigenvalue weighted by molar-refractivity contribution is 9.11. The van der Waals surface area contributed by atoms with E-state index in [-0.39, 0.29) is 11.5 Å². The summed E-state index contributed by atoms with van der Waals surface area (Å²) in [5.41, 5.74) is 2.30. The second kappa shape index (κ2) is 11.3. The summed E-state index contributed by atoms with van der Waals surface area (Å²) in [6.45, 7) is 0.340. The lowest BCUT2D eigenvalue weighted by Crippen LogP contribution is -2.25. The normalized spacial score (nSPS) is 14.5. The Morgan fingerprint density at radius 1 is 1.03 bits per heavy atom. The smallest absolute Gasteiger partial charge is 0.282 e. The van der Waals surface area contributed by atoms with Gasteiger partial charge in [-0.15, -0.1) is 0 Å². The third-order valence-electron chi connectivity index (χ3n) is 6.42. The third-order valence-corrected chi connectivity index (χ3v) is 7.97. The van der Waals surface area contributed by atoms with Gasteiger partial charge in [-0.1, -0.05) is 61.2 Å². The molecule has 1 fully saturated rings. The first-order valence-corrected chi connectivity index (χ1v) is 13.9. The molecule has 5 rings (SSSR count). The average Bonchev–Trinajstić information content (AvgIpc) is 2.89. The maximum atomic E-state index is 13.4. The highest BCUT2D eigenvalue weighted by atomic mass is 79.9. The van der Waals surface area contributed by atoms with Gasteiger partial charge in [0, 0.05) is 16.5 Å². The van der Waals surface area contributed by atoms with Gasteiger partial charge in [0.15, 0.2) is 0 Å². The zero-order valence-electron chi connectivity index (χ0n) is 19.5. The van der Waals surface area contributed by atoms with E-state index in [9.17, 15) is 4.79 Å². The molecule has 0 saturated heterocycles. The Hall–Kier alpha value is -2.48. The van der Waals surface area contributed by atoms with Crippen LogP contribution in [0.5, 0.6) is 5.75 Å². The highest BCUT2D eigenvalue weighted by Crippen LogP contribution is 2.36. The van der Waals surface area contributed by atoms with Crippen molar-refractivity contribution in [2.75, 3.05) is 0 Å².